The highest BCUT2D eigenvalue weighted by molar-refractivity contribution is 9.10. The van der Waals surface area contributed by atoms with Gasteiger partial charge in [-0.3, -0.25) is 14.9 Å². The molecule has 80 valence electrons. The molecule has 0 atom stereocenters. The number of alkyl halides is 1. The van der Waals surface area contributed by atoms with Crippen LogP contribution in [-0.4, -0.2) is 16.0 Å². The Kier molecular flexibility index (Phi) is 4.41. The number of benzene rings is 1. The zero-order valence-corrected chi connectivity index (χ0v) is 10.7. The molecule has 0 aliphatic carbocycles. The molecular weight excluding hydrogens is 330 g/mol. The van der Waals surface area contributed by atoms with Crippen LogP contribution in [-0.2, 0) is 11.2 Å². The van der Waals surface area contributed by atoms with Gasteiger partial charge >= 0.3 is 0 Å². The van der Waals surface area contributed by atoms with E-state index >= 15 is 0 Å². The molecule has 0 unspecified atom stereocenters. The van der Waals surface area contributed by atoms with Crippen molar-refractivity contribution in [1.82, 2.24) is 0 Å². The molecule has 1 aromatic carbocycles. The minimum absolute atomic E-state index is 0.0110. The standard InChI is InChI=1S/C9H7Br2NO3/c10-5-8(13)3-6-1-2-7(12(14)15)4-9(6)11/h1-2,4H,3,5H2. The molecule has 0 spiro atoms. The van der Waals surface area contributed by atoms with Gasteiger partial charge in [-0.1, -0.05) is 37.9 Å². The topological polar surface area (TPSA) is 60.2 Å². The second-order valence-corrected chi connectivity index (χ2v) is 4.30. The van der Waals surface area contributed by atoms with Gasteiger partial charge in [-0.05, 0) is 5.56 Å². The minimum atomic E-state index is -0.471. The maximum Gasteiger partial charge on any atom is 0.270 e. The number of nitrogens with zero attached hydrogens (tertiary/aromatic N) is 1. The van der Waals surface area contributed by atoms with E-state index in [4.69, 9.17) is 0 Å². The van der Waals surface area contributed by atoms with E-state index in [0.29, 0.717) is 4.47 Å². The molecule has 0 aliphatic rings. The number of ketones is 1. The van der Waals surface area contributed by atoms with Gasteiger partial charge in [0.25, 0.3) is 5.69 Å². The average molecular weight is 337 g/mol. The monoisotopic (exact) mass is 335 g/mol. The van der Waals surface area contributed by atoms with Crippen molar-refractivity contribution >= 4 is 43.3 Å². The maximum absolute atomic E-state index is 11.2. The van der Waals surface area contributed by atoms with Crippen LogP contribution in [0.25, 0.3) is 0 Å². The third-order valence-corrected chi connectivity index (χ3v) is 3.15. The molecule has 15 heavy (non-hydrogen) atoms. The zero-order valence-electron chi connectivity index (χ0n) is 7.57. The number of carbonyl (C=O) groups excluding carboxylic acids is 1. The smallest absolute Gasteiger partial charge is 0.270 e. The number of hydrogen-bond acceptors (Lipinski definition) is 3. The number of halogens is 2. The van der Waals surface area contributed by atoms with Gasteiger partial charge in [0.05, 0.1) is 10.3 Å². The quantitative estimate of drug-likeness (QED) is 0.482. The van der Waals surface area contributed by atoms with Gasteiger partial charge in [-0.25, -0.2) is 0 Å². The van der Waals surface area contributed by atoms with Crippen LogP contribution in [0.3, 0.4) is 0 Å². The van der Waals surface area contributed by atoms with E-state index in [2.05, 4.69) is 31.9 Å². The molecule has 0 aromatic heterocycles. The highest BCUT2D eigenvalue weighted by Gasteiger charge is 2.11. The Bertz CT molecular complexity index is 406. The molecule has 0 saturated heterocycles. The summed E-state index contributed by atoms with van der Waals surface area (Å²) in [5.74, 6) is 0.0320. The van der Waals surface area contributed by atoms with Crippen molar-refractivity contribution < 1.29 is 9.72 Å². The fourth-order valence-electron chi connectivity index (χ4n) is 1.05. The first-order valence-electron chi connectivity index (χ1n) is 4.05. The Balaban J connectivity index is 2.93. The van der Waals surface area contributed by atoms with E-state index in [1.54, 1.807) is 6.07 Å². The molecule has 1 rings (SSSR count). The van der Waals surface area contributed by atoms with Gasteiger partial charge in [0.2, 0.25) is 0 Å². The first kappa shape index (κ1) is 12.3. The predicted octanol–water partition coefficient (Wildman–Crippen LogP) is 2.86. The first-order valence-corrected chi connectivity index (χ1v) is 5.96. The van der Waals surface area contributed by atoms with Crippen molar-refractivity contribution in [3.8, 4) is 0 Å². The number of nitro groups is 1. The molecule has 0 aliphatic heterocycles. The number of hydrogen-bond donors (Lipinski definition) is 0. The molecule has 1 aromatic rings. The van der Waals surface area contributed by atoms with Gasteiger partial charge in [0.1, 0.15) is 5.78 Å². The van der Waals surface area contributed by atoms with E-state index in [1.807, 2.05) is 0 Å². The summed E-state index contributed by atoms with van der Waals surface area (Å²) in [4.78, 5) is 21.1. The van der Waals surface area contributed by atoms with E-state index < -0.39 is 4.92 Å². The number of carbonyl (C=O) groups is 1. The Morgan fingerprint density at radius 1 is 1.47 bits per heavy atom. The summed E-state index contributed by atoms with van der Waals surface area (Å²) in [6.07, 6.45) is 0.268. The van der Waals surface area contributed by atoms with Crippen molar-refractivity contribution in [3.63, 3.8) is 0 Å². The van der Waals surface area contributed by atoms with E-state index in [-0.39, 0.29) is 23.2 Å². The summed E-state index contributed by atoms with van der Waals surface area (Å²) in [7, 11) is 0. The Morgan fingerprint density at radius 2 is 2.13 bits per heavy atom. The number of non-ortho nitro benzene ring substituents is 1. The molecule has 0 saturated carbocycles. The lowest BCUT2D eigenvalue weighted by Gasteiger charge is -2.01. The van der Waals surface area contributed by atoms with Crippen LogP contribution in [0.2, 0.25) is 0 Å². The summed E-state index contributed by atoms with van der Waals surface area (Å²) in [6, 6.07) is 4.38. The highest BCUT2D eigenvalue weighted by atomic mass is 79.9. The predicted molar refractivity (Wildman–Crippen MR) is 63.3 cm³/mol. The van der Waals surface area contributed by atoms with E-state index in [0.717, 1.165) is 5.56 Å². The second kappa shape index (κ2) is 5.37. The van der Waals surface area contributed by atoms with Gasteiger partial charge < -0.3 is 0 Å². The van der Waals surface area contributed by atoms with Crippen LogP contribution in [0.15, 0.2) is 22.7 Å². The summed E-state index contributed by atoms with van der Waals surface area (Å²) in [5, 5.41) is 10.7. The van der Waals surface area contributed by atoms with Crippen molar-refractivity contribution in [2.24, 2.45) is 0 Å². The summed E-state index contributed by atoms with van der Waals surface area (Å²) in [6.45, 7) is 0. The van der Waals surface area contributed by atoms with E-state index in [9.17, 15) is 14.9 Å². The third kappa shape index (κ3) is 3.39. The van der Waals surface area contributed by atoms with Crippen molar-refractivity contribution in [2.45, 2.75) is 6.42 Å². The minimum Gasteiger partial charge on any atom is -0.298 e. The lowest BCUT2D eigenvalue weighted by molar-refractivity contribution is -0.384. The summed E-state index contributed by atoms with van der Waals surface area (Å²) in [5.41, 5.74) is 0.766. The van der Waals surface area contributed by atoms with Gasteiger partial charge in [-0.15, -0.1) is 0 Å². The third-order valence-electron chi connectivity index (χ3n) is 1.78. The van der Waals surface area contributed by atoms with Crippen LogP contribution in [0.4, 0.5) is 5.69 Å². The molecule has 0 amide bonds. The maximum atomic E-state index is 11.2. The number of rotatable bonds is 4. The van der Waals surface area contributed by atoms with Gasteiger partial charge in [-0.2, -0.15) is 0 Å². The van der Waals surface area contributed by atoms with Crippen molar-refractivity contribution in [2.75, 3.05) is 5.33 Å². The summed E-state index contributed by atoms with van der Waals surface area (Å²) >= 11 is 6.26. The molecule has 4 nitrogen and oxygen atoms in total. The Hall–Kier alpha value is -0.750. The van der Waals surface area contributed by atoms with Crippen LogP contribution < -0.4 is 0 Å². The Labute approximate surface area is 103 Å². The SMILES string of the molecule is O=C(CBr)Cc1ccc([N+](=O)[O-])cc1Br. The molecule has 0 radical (unpaired) electrons. The Morgan fingerprint density at radius 3 is 2.60 bits per heavy atom. The molecule has 0 N–H and O–H groups in total. The lowest BCUT2D eigenvalue weighted by Crippen LogP contribution is -2.04. The van der Waals surface area contributed by atoms with Crippen LogP contribution in [0, 0.1) is 10.1 Å². The van der Waals surface area contributed by atoms with E-state index in [1.165, 1.54) is 12.1 Å². The first-order chi connectivity index (χ1) is 7.04. The van der Waals surface area contributed by atoms with Crippen molar-refractivity contribution in [3.05, 3.63) is 38.3 Å². The second-order valence-electron chi connectivity index (χ2n) is 2.88. The summed E-state index contributed by atoms with van der Waals surface area (Å²) < 4.78 is 0.589. The highest BCUT2D eigenvalue weighted by Crippen LogP contribution is 2.23. The lowest BCUT2D eigenvalue weighted by atomic mass is 10.1. The molecular formula is C9H7Br2NO3. The average Bonchev–Trinajstić information content (AvgIpc) is 2.20. The number of nitro benzene ring substituents is 1. The normalized spacial score (nSPS) is 10.0. The molecule has 0 fully saturated rings. The molecule has 0 heterocycles. The van der Waals surface area contributed by atoms with Gasteiger partial charge in [0.15, 0.2) is 0 Å². The fourth-order valence-corrected chi connectivity index (χ4v) is 1.76. The van der Waals surface area contributed by atoms with Gasteiger partial charge in [0, 0.05) is 23.0 Å². The van der Waals surface area contributed by atoms with Crippen LogP contribution in [0.5, 0.6) is 0 Å². The molecule has 0 bridgehead atoms. The van der Waals surface area contributed by atoms with Crippen molar-refractivity contribution in [1.29, 1.82) is 0 Å². The largest absolute Gasteiger partial charge is 0.298 e. The number of Topliss-reactive ketones (excluding diaryl/α,β-unsaturated/α-hetero) is 1. The van der Waals surface area contributed by atoms with Crippen LogP contribution >= 0.6 is 31.9 Å². The molecule has 6 heteroatoms. The van der Waals surface area contributed by atoms with Crippen LogP contribution in [0.1, 0.15) is 5.56 Å². The zero-order chi connectivity index (χ0) is 11.4. The fraction of sp³-hybridized carbons (Fsp3) is 0.222.